The molecule has 104 valence electrons. The van der Waals surface area contributed by atoms with E-state index in [0.717, 1.165) is 21.9 Å². The molecule has 0 atom stereocenters. The SMILES string of the molecule is CC(=O)Nc1ccc(SCc2ccc(NN)nc2)cc1. The van der Waals surface area contributed by atoms with Crippen molar-refractivity contribution in [3.8, 4) is 0 Å². The predicted octanol–water partition coefficient (Wildman–Crippen LogP) is 2.62. The minimum atomic E-state index is -0.0647. The second-order valence-corrected chi connectivity index (χ2v) is 5.24. The van der Waals surface area contributed by atoms with Crippen LogP contribution in [0.15, 0.2) is 47.5 Å². The van der Waals surface area contributed by atoms with Crippen molar-refractivity contribution in [3.05, 3.63) is 48.2 Å². The fourth-order valence-electron chi connectivity index (χ4n) is 1.60. The van der Waals surface area contributed by atoms with Gasteiger partial charge in [-0.2, -0.15) is 0 Å². The molecule has 0 radical (unpaired) electrons. The first-order valence-electron chi connectivity index (χ1n) is 6.09. The summed E-state index contributed by atoms with van der Waals surface area (Å²) in [5.74, 6) is 6.68. The van der Waals surface area contributed by atoms with Gasteiger partial charge in [-0.15, -0.1) is 11.8 Å². The molecule has 0 bridgehead atoms. The molecule has 4 N–H and O–H groups in total. The first kappa shape index (κ1) is 14.4. The number of nitrogens with one attached hydrogen (secondary N) is 2. The fourth-order valence-corrected chi connectivity index (χ4v) is 2.43. The molecule has 1 amide bonds. The molecule has 0 unspecified atom stereocenters. The Morgan fingerprint density at radius 1 is 1.25 bits per heavy atom. The molecule has 5 nitrogen and oxygen atoms in total. The third-order valence-electron chi connectivity index (χ3n) is 2.55. The van der Waals surface area contributed by atoms with Crippen LogP contribution < -0.4 is 16.6 Å². The maximum Gasteiger partial charge on any atom is 0.221 e. The number of rotatable bonds is 5. The zero-order valence-corrected chi connectivity index (χ0v) is 11.9. The zero-order valence-electron chi connectivity index (χ0n) is 11.1. The third kappa shape index (κ3) is 4.25. The molecule has 1 heterocycles. The Morgan fingerprint density at radius 2 is 2.00 bits per heavy atom. The number of anilines is 2. The Bertz CT molecular complexity index is 569. The van der Waals surface area contributed by atoms with Crippen LogP contribution in [0.5, 0.6) is 0 Å². The highest BCUT2D eigenvalue weighted by Crippen LogP contribution is 2.24. The smallest absolute Gasteiger partial charge is 0.221 e. The van der Waals surface area contributed by atoms with Gasteiger partial charge in [-0.3, -0.25) is 4.79 Å². The lowest BCUT2D eigenvalue weighted by molar-refractivity contribution is -0.114. The highest BCUT2D eigenvalue weighted by Gasteiger charge is 1.99. The van der Waals surface area contributed by atoms with Gasteiger partial charge in [0.15, 0.2) is 0 Å². The van der Waals surface area contributed by atoms with E-state index in [2.05, 4.69) is 15.7 Å². The number of amides is 1. The number of carbonyl (C=O) groups is 1. The van der Waals surface area contributed by atoms with Crippen molar-refractivity contribution in [1.82, 2.24) is 4.98 Å². The van der Waals surface area contributed by atoms with Crippen molar-refractivity contribution < 1.29 is 4.79 Å². The molecular formula is C14H16N4OS. The number of pyridine rings is 1. The lowest BCUT2D eigenvalue weighted by Crippen LogP contribution is -2.08. The van der Waals surface area contributed by atoms with Crippen LogP contribution in [0.25, 0.3) is 0 Å². The Kier molecular flexibility index (Phi) is 4.97. The standard InChI is InChI=1S/C14H16N4OS/c1-10(19)17-12-3-5-13(6-4-12)20-9-11-2-7-14(18-15)16-8-11/h2-8H,9,15H2,1H3,(H,16,18)(H,17,19). The molecule has 0 aliphatic carbocycles. The summed E-state index contributed by atoms with van der Waals surface area (Å²) in [6, 6.07) is 11.6. The highest BCUT2D eigenvalue weighted by molar-refractivity contribution is 7.98. The minimum absolute atomic E-state index is 0.0647. The Labute approximate surface area is 121 Å². The Hall–Kier alpha value is -2.05. The summed E-state index contributed by atoms with van der Waals surface area (Å²) in [6.45, 7) is 1.50. The van der Waals surface area contributed by atoms with Gasteiger partial charge in [0.05, 0.1) is 0 Å². The summed E-state index contributed by atoms with van der Waals surface area (Å²) in [6.07, 6.45) is 1.80. The van der Waals surface area contributed by atoms with Crippen molar-refractivity contribution in [1.29, 1.82) is 0 Å². The predicted molar refractivity (Wildman–Crippen MR) is 82.4 cm³/mol. The van der Waals surface area contributed by atoms with Gasteiger partial charge in [0, 0.05) is 29.5 Å². The van der Waals surface area contributed by atoms with E-state index in [1.165, 1.54) is 6.92 Å². The van der Waals surface area contributed by atoms with E-state index in [1.54, 1.807) is 18.0 Å². The largest absolute Gasteiger partial charge is 0.326 e. The topological polar surface area (TPSA) is 80.0 Å². The van der Waals surface area contributed by atoms with Gasteiger partial charge in [0.2, 0.25) is 5.91 Å². The Morgan fingerprint density at radius 3 is 2.55 bits per heavy atom. The zero-order chi connectivity index (χ0) is 14.4. The number of benzene rings is 1. The number of hydrazine groups is 1. The normalized spacial score (nSPS) is 10.1. The maximum absolute atomic E-state index is 10.9. The van der Waals surface area contributed by atoms with E-state index in [1.807, 2.05) is 36.4 Å². The molecule has 1 aromatic carbocycles. The summed E-state index contributed by atoms with van der Waals surface area (Å²) in [4.78, 5) is 16.2. The minimum Gasteiger partial charge on any atom is -0.326 e. The van der Waals surface area contributed by atoms with Crippen LogP contribution in [0.4, 0.5) is 11.5 Å². The van der Waals surface area contributed by atoms with Crippen molar-refractivity contribution >= 4 is 29.2 Å². The molecule has 0 aliphatic rings. The van der Waals surface area contributed by atoms with Gasteiger partial charge >= 0.3 is 0 Å². The van der Waals surface area contributed by atoms with Gasteiger partial charge in [0.1, 0.15) is 5.82 Å². The number of hydrogen-bond donors (Lipinski definition) is 3. The number of nitrogens with zero attached hydrogens (tertiary/aromatic N) is 1. The number of hydrogen-bond acceptors (Lipinski definition) is 5. The first-order valence-corrected chi connectivity index (χ1v) is 7.08. The fraction of sp³-hybridized carbons (Fsp3) is 0.143. The van der Waals surface area contributed by atoms with Crippen LogP contribution in [0.3, 0.4) is 0 Å². The van der Waals surface area contributed by atoms with Gasteiger partial charge in [0.25, 0.3) is 0 Å². The van der Waals surface area contributed by atoms with E-state index in [-0.39, 0.29) is 5.91 Å². The summed E-state index contributed by atoms with van der Waals surface area (Å²) >= 11 is 1.71. The van der Waals surface area contributed by atoms with Crippen LogP contribution >= 0.6 is 11.8 Å². The molecule has 0 saturated heterocycles. The van der Waals surface area contributed by atoms with Gasteiger partial charge in [-0.25, -0.2) is 10.8 Å². The third-order valence-corrected chi connectivity index (χ3v) is 3.64. The van der Waals surface area contributed by atoms with Gasteiger partial charge in [-0.05, 0) is 35.9 Å². The monoisotopic (exact) mass is 288 g/mol. The van der Waals surface area contributed by atoms with Crippen molar-refractivity contribution in [3.63, 3.8) is 0 Å². The van der Waals surface area contributed by atoms with Crippen molar-refractivity contribution in [2.45, 2.75) is 17.6 Å². The Balaban J connectivity index is 1.91. The number of aromatic nitrogens is 1. The van der Waals surface area contributed by atoms with E-state index in [4.69, 9.17) is 5.84 Å². The molecule has 20 heavy (non-hydrogen) atoms. The van der Waals surface area contributed by atoms with Gasteiger partial charge < -0.3 is 10.7 Å². The number of carbonyl (C=O) groups excluding carboxylic acids is 1. The number of nitrogens with two attached hydrogens (primary N) is 1. The average molecular weight is 288 g/mol. The van der Waals surface area contributed by atoms with Crippen LogP contribution in [-0.4, -0.2) is 10.9 Å². The van der Waals surface area contributed by atoms with Crippen molar-refractivity contribution in [2.24, 2.45) is 5.84 Å². The molecule has 0 spiro atoms. The molecule has 0 saturated carbocycles. The summed E-state index contributed by atoms with van der Waals surface area (Å²) < 4.78 is 0. The molecular weight excluding hydrogens is 272 g/mol. The summed E-state index contributed by atoms with van der Waals surface area (Å²) in [7, 11) is 0. The molecule has 6 heteroatoms. The van der Waals surface area contributed by atoms with Crippen LogP contribution in [0.2, 0.25) is 0 Å². The van der Waals surface area contributed by atoms with E-state index in [0.29, 0.717) is 5.82 Å². The number of nitrogen functional groups attached to an aromatic ring is 1. The lowest BCUT2D eigenvalue weighted by atomic mass is 10.3. The molecule has 2 aromatic rings. The van der Waals surface area contributed by atoms with E-state index >= 15 is 0 Å². The highest BCUT2D eigenvalue weighted by atomic mass is 32.2. The second-order valence-electron chi connectivity index (χ2n) is 4.19. The van der Waals surface area contributed by atoms with E-state index < -0.39 is 0 Å². The summed E-state index contributed by atoms with van der Waals surface area (Å²) in [5.41, 5.74) is 4.43. The average Bonchev–Trinajstić information content (AvgIpc) is 2.46. The number of thioether (sulfide) groups is 1. The quantitative estimate of drug-likeness (QED) is 0.448. The van der Waals surface area contributed by atoms with Gasteiger partial charge in [-0.1, -0.05) is 6.07 Å². The first-order chi connectivity index (χ1) is 9.67. The molecule has 0 fully saturated rings. The van der Waals surface area contributed by atoms with E-state index in [9.17, 15) is 4.79 Å². The van der Waals surface area contributed by atoms with Crippen LogP contribution in [-0.2, 0) is 10.5 Å². The lowest BCUT2D eigenvalue weighted by Gasteiger charge is -2.05. The molecule has 1 aromatic heterocycles. The van der Waals surface area contributed by atoms with Crippen molar-refractivity contribution in [2.75, 3.05) is 10.7 Å². The summed E-state index contributed by atoms with van der Waals surface area (Å²) in [5, 5.41) is 2.74. The molecule has 2 rings (SSSR count). The maximum atomic E-state index is 10.9. The second kappa shape index (κ2) is 6.93. The van der Waals surface area contributed by atoms with Crippen LogP contribution in [0.1, 0.15) is 12.5 Å². The van der Waals surface area contributed by atoms with Crippen LogP contribution in [0, 0.1) is 0 Å². The molecule has 0 aliphatic heterocycles.